The van der Waals surface area contributed by atoms with Gasteiger partial charge in [-0.2, -0.15) is 0 Å². The fourth-order valence-corrected chi connectivity index (χ4v) is 4.53. The maximum atomic E-state index is 5.04. The number of para-hydroxylation sites is 1. The highest BCUT2D eigenvalue weighted by atomic mass is 32.1. The summed E-state index contributed by atoms with van der Waals surface area (Å²) in [5, 5.41) is 2.59. The van der Waals surface area contributed by atoms with Crippen molar-refractivity contribution in [1.82, 2.24) is 4.98 Å². The van der Waals surface area contributed by atoms with E-state index in [0.717, 1.165) is 11.2 Å². The summed E-state index contributed by atoms with van der Waals surface area (Å²) in [6.07, 6.45) is 0. The number of rotatable bonds is 2. The third kappa shape index (κ3) is 2.51. The van der Waals surface area contributed by atoms with Gasteiger partial charge in [0.2, 0.25) is 0 Å². The van der Waals surface area contributed by atoms with E-state index in [2.05, 4.69) is 76.2 Å². The van der Waals surface area contributed by atoms with Crippen molar-refractivity contribution in [2.24, 2.45) is 0 Å². The summed E-state index contributed by atoms with van der Waals surface area (Å²) in [4.78, 5) is 6.46. The number of thiophene rings is 1. The Morgan fingerprint density at radius 1 is 0.875 bits per heavy atom. The van der Waals surface area contributed by atoms with Gasteiger partial charge in [0.05, 0.1) is 15.9 Å². The molecule has 0 aliphatic carbocycles. The molecule has 1 nitrogen and oxygen atoms in total. The Morgan fingerprint density at radius 2 is 1.58 bits per heavy atom. The quantitative estimate of drug-likeness (QED) is 0.391. The van der Waals surface area contributed by atoms with E-state index >= 15 is 0 Å². The molecular weight excluding hydrogens is 310 g/mol. The third-order valence-electron chi connectivity index (χ3n) is 4.46. The molecule has 4 rings (SSSR count). The van der Waals surface area contributed by atoms with Crippen molar-refractivity contribution in [3.63, 3.8) is 0 Å². The lowest BCUT2D eigenvalue weighted by molar-refractivity contribution is 0.890. The zero-order valence-corrected chi connectivity index (χ0v) is 15.4. The number of pyridine rings is 1. The molecule has 2 heteroatoms. The second-order valence-corrected chi connectivity index (χ2v) is 7.98. The van der Waals surface area contributed by atoms with Crippen LogP contribution in [0.25, 0.3) is 32.2 Å². The molecule has 0 fully saturated rings. The zero-order valence-electron chi connectivity index (χ0n) is 14.6. The van der Waals surface area contributed by atoms with Crippen LogP contribution in [0.15, 0.2) is 48.5 Å². The van der Waals surface area contributed by atoms with Crippen LogP contribution in [0, 0.1) is 13.8 Å². The van der Waals surface area contributed by atoms with Gasteiger partial charge in [-0.3, -0.25) is 0 Å². The summed E-state index contributed by atoms with van der Waals surface area (Å²) in [5.41, 5.74) is 5.99. The van der Waals surface area contributed by atoms with Crippen molar-refractivity contribution in [2.45, 2.75) is 33.6 Å². The average molecular weight is 331 g/mol. The number of benzene rings is 2. The molecule has 0 saturated carbocycles. The number of hydrogen-bond donors (Lipinski definition) is 0. The Bertz CT molecular complexity index is 1040. The van der Waals surface area contributed by atoms with Gasteiger partial charge < -0.3 is 0 Å². The smallest absolute Gasteiger partial charge is 0.0888 e. The monoisotopic (exact) mass is 331 g/mol. The van der Waals surface area contributed by atoms with Crippen LogP contribution in [0.1, 0.15) is 35.8 Å². The Kier molecular flexibility index (Phi) is 3.65. The Morgan fingerprint density at radius 3 is 2.29 bits per heavy atom. The van der Waals surface area contributed by atoms with Gasteiger partial charge in [0.25, 0.3) is 0 Å². The maximum Gasteiger partial charge on any atom is 0.0888 e. The van der Waals surface area contributed by atoms with Gasteiger partial charge in [-0.15, -0.1) is 11.3 Å². The molecule has 2 aromatic carbocycles. The fourth-order valence-electron chi connectivity index (χ4n) is 3.35. The minimum absolute atomic E-state index is 0.535. The molecule has 0 saturated heterocycles. The highest BCUT2D eigenvalue weighted by molar-refractivity contribution is 7.19. The Balaban J connectivity index is 2.12. The summed E-state index contributed by atoms with van der Waals surface area (Å²) >= 11 is 1.89. The molecule has 0 amide bonds. The zero-order chi connectivity index (χ0) is 16.8. The summed E-state index contributed by atoms with van der Waals surface area (Å²) in [6, 6.07) is 17.6. The number of hydrogen-bond acceptors (Lipinski definition) is 2. The van der Waals surface area contributed by atoms with Gasteiger partial charge in [-0.05, 0) is 44.0 Å². The number of fused-ring (bicyclic) bond motifs is 3. The standard InChI is InChI=1S/C22H21NS/c1-13(2)20-12-18-17-7-5-6-8-19(17)23-21(22(18)24-20)16-10-14(3)9-15(4)11-16/h5-13H,1-4H3. The third-order valence-corrected chi connectivity index (χ3v) is 5.90. The normalized spacial score (nSPS) is 11.7. The van der Waals surface area contributed by atoms with E-state index in [-0.39, 0.29) is 0 Å². The van der Waals surface area contributed by atoms with Crippen LogP contribution in [0.3, 0.4) is 0 Å². The lowest BCUT2D eigenvalue weighted by Gasteiger charge is -2.08. The summed E-state index contributed by atoms with van der Waals surface area (Å²) in [7, 11) is 0. The summed E-state index contributed by atoms with van der Waals surface area (Å²) in [5.74, 6) is 0.535. The number of nitrogens with zero attached hydrogens (tertiary/aromatic N) is 1. The highest BCUT2D eigenvalue weighted by Gasteiger charge is 2.15. The molecule has 0 atom stereocenters. The average Bonchev–Trinajstić information content (AvgIpc) is 2.99. The topological polar surface area (TPSA) is 12.9 Å². The summed E-state index contributed by atoms with van der Waals surface area (Å²) in [6.45, 7) is 8.83. The molecule has 4 aromatic rings. The van der Waals surface area contributed by atoms with Crippen molar-refractivity contribution in [3.05, 3.63) is 64.5 Å². The van der Waals surface area contributed by atoms with Gasteiger partial charge in [-0.25, -0.2) is 4.98 Å². The molecular formula is C22H21NS. The largest absolute Gasteiger partial charge is 0.246 e. The van der Waals surface area contributed by atoms with E-state index in [1.54, 1.807) is 0 Å². The first-order valence-corrected chi connectivity index (χ1v) is 9.25. The van der Waals surface area contributed by atoms with E-state index in [9.17, 15) is 0 Å². The molecule has 0 aliphatic heterocycles. The second-order valence-electron chi connectivity index (χ2n) is 6.90. The first kappa shape index (κ1) is 15.3. The lowest BCUT2D eigenvalue weighted by atomic mass is 10.0. The SMILES string of the molecule is Cc1cc(C)cc(-c2nc3ccccc3c3cc(C(C)C)sc23)c1. The second kappa shape index (κ2) is 5.71. The fraction of sp³-hybridized carbons (Fsp3) is 0.227. The number of aromatic nitrogens is 1. The van der Waals surface area contributed by atoms with Crippen LogP contribution in [0.5, 0.6) is 0 Å². The van der Waals surface area contributed by atoms with Crippen LogP contribution in [0.2, 0.25) is 0 Å². The van der Waals surface area contributed by atoms with Crippen LogP contribution < -0.4 is 0 Å². The molecule has 0 unspecified atom stereocenters. The Labute approximate surface area is 147 Å². The lowest BCUT2D eigenvalue weighted by Crippen LogP contribution is -1.88. The predicted molar refractivity (Wildman–Crippen MR) is 106 cm³/mol. The van der Waals surface area contributed by atoms with Crippen LogP contribution in [-0.4, -0.2) is 4.98 Å². The van der Waals surface area contributed by atoms with E-state index in [4.69, 9.17) is 4.98 Å². The van der Waals surface area contributed by atoms with Crippen LogP contribution in [0.4, 0.5) is 0 Å². The molecule has 0 aliphatic rings. The van der Waals surface area contributed by atoms with Crippen LogP contribution in [-0.2, 0) is 0 Å². The van der Waals surface area contributed by atoms with E-state index in [1.165, 1.54) is 37.0 Å². The molecule has 24 heavy (non-hydrogen) atoms. The molecule has 2 aromatic heterocycles. The van der Waals surface area contributed by atoms with Crippen molar-refractivity contribution < 1.29 is 0 Å². The molecule has 0 spiro atoms. The van der Waals surface area contributed by atoms with Crippen molar-refractivity contribution in [1.29, 1.82) is 0 Å². The predicted octanol–water partition coefficient (Wildman–Crippen LogP) is 6.86. The van der Waals surface area contributed by atoms with Crippen molar-refractivity contribution in [2.75, 3.05) is 0 Å². The maximum absolute atomic E-state index is 5.04. The number of aryl methyl sites for hydroxylation is 2. The Hall–Kier alpha value is -2.19. The van der Waals surface area contributed by atoms with Crippen molar-refractivity contribution in [3.8, 4) is 11.3 Å². The minimum atomic E-state index is 0.535. The van der Waals surface area contributed by atoms with Crippen molar-refractivity contribution >= 4 is 32.3 Å². The van der Waals surface area contributed by atoms with Gasteiger partial charge in [-0.1, -0.05) is 49.2 Å². The van der Waals surface area contributed by atoms with Gasteiger partial charge in [0.15, 0.2) is 0 Å². The molecule has 2 heterocycles. The van der Waals surface area contributed by atoms with Gasteiger partial charge >= 0.3 is 0 Å². The molecule has 0 bridgehead atoms. The molecule has 0 N–H and O–H groups in total. The molecule has 0 radical (unpaired) electrons. The van der Waals surface area contributed by atoms with E-state index in [0.29, 0.717) is 5.92 Å². The van der Waals surface area contributed by atoms with E-state index < -0.39 is 0 Å². The molecule has 120 valence electrons. The minimum Gasteiger partial charge on any atom is -0.246 e. The highest BCUT2D eigenvalue weighted by Crippen LogP contribution is 2.40. The van der Waals surface area contributed by atoms with Gasteiger partial charge in [0.1, 0.15) is 0 Å². The van der Waals surface area contributed by atoms with E-state index in [1.807, 2.05) is 11.3 Å². The first-order valence-electron chi connectivity index (χ1n) is 8.44. The summed E-state index contributed by atoms with van der Waals surface area (Å²) < 4.78 is 1.31. The van der Waals surface area contributed by atoms with Crippen LogP contribution >= 0.6 is 11.3 Å². The first-order chi connectivity index (χ1) is 11.5. The van der Waals surface area contributed by atoms with Gasteiger partial charge in [0, 0.05) is 21.2 Å².